The van der Waals surface area contributed by atoms with Crippen LogP contribution in [0.4, 0.5) is 0 Å². The van der Waals surface area contributed by atoms with E-state index in [9.17, 15) is 9.59 Å². The Bertz CT molecular complexity index is 685. The normalized spacial score (nSPS) is 10.5. The van der Waals surface area contributed by atoms with Gasteiger partial charge in [-0.2, -0.15) is 0 Å². The number of rotatable bonds is 7. The molecule has 0 bridgehead atoms. The predicted octanol–water partition coefficient (Wildman–Crippen LogP) is 2.01. The maximum atomic E-state index is 12.0. The molecule has 6 nitrogen and oxygen atoms in total. The van der Waals surface area contributed by atoms with Gasteiger partial charge >= 0.3 is 5.97 Å². The summed E-state index contributed by atoms with van der Waals surface area (Å²) in [5.74, 6) is -0.875. The van der Waals surface area contributed by atoms with Crippen LogP contribution in [0, 0.1) is 13.8 Å². The molecule has 1 aromatic heterocycles. The van der Waals surface area contributed by atoms with Crippen LogP contribution in [0.1, 0.15) is 21.7 Å². The Morgan fingerprint density at radius 3 is 2.25 bits per heavy atom. The molecular formula is C18H22N2O4. The van der Waals surface area contributed by atoms with Gasteiger partial charge in [0.15, 0.2) is 6.61 Å². The summed E-state index contributed by atoms with van der Waals surface area (Å²) < 4.78 is 11.9. The molecule has 0 aliphatic rings. The summed E-state index contributed by atoms with van der Waals surface area (Å²) in [6.07, 6.45) is 0. The molecule has 1 heterocycles. The fourth-order valence-electron chi connectivity index (χ4n) is 2.38. The zero-order valence-corrected chi connectivity index (χ0v) is 14.2. The van der Waals surface area contributed by atoms with Crippen molar-refractivity contribution < 1.29 is 19.1 Å². The van der Waals surface area contributed by atoms with Crippen LogP contribution in [0.15, 0.2) is 36.4 Å². The summed E-state index contributed by atoms with van der Waals surface area (Å²) in [5.41, 5.74) is 3.63. The summed E-state index contributed by atoms with van der Waals surface area (Å²) in [6, 6.07) is 11.2. The molecule has 0 spiro atoms. The summed E-state index contributed by atoms with van der Waals surface area (Å²) in [5, 5.41) is 2.59. The van der Waals surface area contributed by atoms with Gasteiger partial charge in [0, 0.05) is 30.7 Å². The lowest BCUT2D eigenvalue weighted by Gasteiger charge is -2.10. The Morgan fingerprint density at radius 1 is 1.04 bits per heavy atom. The molecule has 0 fully saturated rings. The van der Waals surface area contributed by atoms with Crippen molar-refractivity contribution in [2.75, 3.05) is 26.9 Å². The van der Waals surface area contributed by atoms with Gasteiger partial charge in [-0.1, -0.05) is 0 Å². The van der Waals surface area contributed by atoms with Crippen LogP contribution in [0.2, 0.25) is 0 Å². The maximum Gasteiger partial charge on any atom is 0.338 e. The molecule has 0 saturated carbocycles. The first-order valence-electron chi connectivity index (χ1n) is 7.71. The maximum absolute atomic E-state index is 12.0. The molecule has 24 heavy (non-hydrogen) atoms. The second kappa shape index (κ2) is 8.31. The second-order valence-electron chi connectivity index (χ2n) is 5.42. The molecule has 128 valence electrons. The molecule has 0 saturated heterocycles. The van der Waals surface area contributed by atoms with Gasteiger partial charge in [0.05, 0.1) is 12.2 Å². The highest BCUT2D eigenvalue weighted by Gasteiger charge is 2.11. The van der Waals surface area contributed by atoms with Crippen molar-refractivity contribution >= 4 is 11.9 Å². The third-order valence-corrected chi connectivity index (χ3v) is 3.60. The second-order valence-corrected chi connectivity index (χ2v) is 5.42. The average Bonchev–Trinajstić information content (AvgIpc) is 2.92. The van der Waals surface area contributed by atoms with Gasteiger partial charge in [0.1, 0.15) is 0 Å². The number of methoxy groups -OCH3 is 1. The van der Waals surface area contributed by atoms with Gasteiger partial charge in [-0.3, -0.25) is 4.79 Å². The van der Waals surface area contributed by atoms with Crippen LogP contribution >= 0.6 is 0 Å². The number of carbonyl (C=O) groups is 2. The number of carbonyl (C=O) groups excluding carboxylic acids is 2. The van der Waals surface area contributed by atoms with Crippen LogP contribution in [0.5, 0.6) is 0 Å². The molecule has 0 radical (unpaired) electrons. The summed E-state index contributed by atoms with van der Waals surface area (Å²) in [7, 11) is 1.55. The van der Waals surface area contributed by atoms with Gasteiger partial charge < -0.3 is 19.4 Å². The molecule has 0 aliphatic carbocycles. The van der Waals surface area contributed by atoms with Crippen LogP contribution in [0.25, 0.3) is 5.69 Å². The van der Waals surface area contributed by atoms with Crippen molar-refractivity contribution in [1.29, 1.82) is 0 Å². The fourth-order valence-corrected chi connectivity index (χ4v) is 2.38. The van der Waals surface area contributed by atoms with E-state index in [0.717, 1.165) is 17.1 Å². The first-order chi connectivity index (χ1) is 11.5. The predicted molar refractivity (Wildman–Crippen MR) is 90.4 cm³/mol. The minimum Gasteiger partial charge on any atom is -0.452 e. The molecule has 1 aromatic carbocycles. The van der Waals surface area contributed by atoms with Crippen LogP contribution in [0.3, 0.4) is 0 Å². The van der Waals surface area contributed by atoms with Crippen LogP contribution in [-0.2, 0) is 14.3 Å². The van der Waals surface area contributed by atoms with E-state index in [0.29, 0.717) is 18.7 Å². The van der Waals surface area contributed by atoms with Gasteiger partial charge in [-0.05, 0) is 50.2 Å². The monoisotopic (exact) mass is 330 g/mol. The molecule has 0 aliphatic heterocycles. The Kier molecular flexibility index (Phi) is 6.14. The third-order valence-electron chi connectivity index (χ3n) is 3.60. The topological polar surface area (TPSA) is 69.6 Å². The Morgan fingerprint density at radius 2 is 1.67 bits per heavy atom. The van der Waals surface area contributed by atoms with E-state index in [2.05, 4.69) is 9.88 Å². The van der Waals surface area contributed by atoms with Crippen molar-refractivity contribution in [1.82, 2.24) is 9.88 Å². The smallest absolute Gasteiger partial charge is 0.338 e. The lowest BCUT2D eigenvalue weighted by molar-refractivity contribution is -0.124. The number of nitrogens with one attached hydrogen (secondary N) is 1. The van der Waals surface area contributed by atoms with Crippen molar-refractivity contribution in [3.8, 4) is 5.69 Å². The number of nitrogens with zero attached hydrogens (tertiary/aromatic N) is 1. The third kappa shape index (κ3) is 4.45. The van der Waals surface area contributed by atoms with Crippen molar-refractivity contribution in [3.63, 3.8) is 0 Å². The summed E-state index contributed by atoms with van der Waals surface area (Å²) >= 11 is 0. The quantitative estimate of drug-likeness (QED) is 0.623. The van der Waals surface area contributed by atoms with E-state index < -0.39 is 5.97 Å². The first-order valence-corrected chi connectivity index (χ1v) is 7.71. The number of ether oxygens (including phenoxy) is 2. The van der Waals surface area contributed by atoms with Crippen molar-refractivity contribution in [2.24, 2.45) is 0 Å². The minimum absolute atomic E-state index is 0.305. The van der Waals surface area contributed by atoms with Crippen LogP contribution < -0.4 is 5.32 Å². The largest absolute Gasteiger partial charge is 0.452 e. The summed E-state index contributed by atoms with van der Waals surface area (Å²) in [6.45, 7) is 4.55. The molecule has 1 N–H and O–H groups in total. The molecule has 0 unspecified atom stereocenters. The van der Waals surface area contributed by atoms with E-state index in [1.165, 1.54) is 0 Å². The highest BCUT2D eigenvalue weighted by molar-refractivity contribution is 5.91. The Hall–Kier alpha value is -2.60. The highest BCUT2D eigenvalue weighted by Crippen LogP contribution is 2.17. The van der Waals surface area contributed by atoms with Gasteiger partial charge in [0.2, 0.25) is 0 Å². The van der Waals surface area contributed by atoms with Crippen LogP contribution in [-0.4, -0.2) is 43.3 Å². The minimum atomic E-state index is -0.524. The molecule has 1 amide bonds. The van der Waals surface area contributed by atoms with E-state index >= 15 is 0 Å². The SMILES string of the molecule is COCCNC(=O)COC(=O)c1ccc(-n2c(C)ccc2C)cc1. The number of aromatic nitrogens is 1. The summed E-state index contributed by atoms with van der Waals surface area (Å²) in [4.78, 5) is 23.5. The molecule has 6 heteroatoms. The molecule has 2 rings (SSSR count). The fraction of sp³-hybridized carbons (Fsp3) is 0.333. The zero-order valence-electron chi connectivity index (χ0n) is 14.2. The van der Waals surface area contributed by atoms with E-state index in [1.807, 2.05) is 38.1 Å². The Balaban J connectivity index is 1.93. The Labute approximate surface area is 141 Å². The number of benzene rings is 1. The number of esters is 1. The van der Waals surface area contributed by atoms with Gasteiger partial charge in [-0.15, -0.1) is 0 Å². The number of aryl methyl sites for hydroxylation is 2. The molecule has 0 atom stereocenters. The molecule has 2 aromatic rings. The number of hydrogen-bond donors (Lipinski definition) is 1. The lowest BCUT2D eigenvalue weighted by atomic mass is 10.2. The first kappa shape index (κ1) is 17.7. The van der Waals surface area contributed by atoms with Gasteiger partial charge in [0.25, 0.3) is 5.91 Å². The molecular weight excluding hydrogens is 308 g/mol. The number of amides is 1. The standard InChI is InChI=1S/C18H22N2O4/c1-13-4-5-14(2)20(13)16-8-6-15(7-9-16)18(22)24-12-17(21)19-10-11-23-3/h4-9H,10-12H2,1-3H3,(H,19,21). The highest BCUT2D eigenvalue weighted by atomic mass is 16.5. The van der Waals surface area contributed by atoms with E-state index in [4.69, 9.17) is 9.47 Å². The van der Waals surface area contributed by atoms with E-state index in [1.54, 1.807) is 19.2 Å². The zero-order chi connectivity index (χ0) is 17.5. The number of hydrogen-bond acceptors (Lipinski definition) is 4. The van der Waals surface area contributed by atoms with Gasteiger partial charge in [-0.25, -0.2) is 4.79 Å². The lowest BCUT2D eigenvalue weighted by Crippen LogP contribution is -2.31. The average molecular weight is 330 g/mol. The van der Waals surface area contributed by atoms with Crippen molar-refractivity contribution in [2.45, 2.75) is 13.8 Å². The van der Waals surface area contributed by atoms with E-state index in [-0.39, 0.29) is 12.5 Å². The van der Waals surface area contributed by atoms with Crippen molar-refractivity contribution in [3.05, 3.63) is 53.3 Å².